The van der Waals surface area contributed by atoms with Crippen molar-refractivity contribution in [2.45, 2.75) is 13.8 Å². The molecule has 2 N–H and O–H groups in total. The van der Waals surface area contributed by atoms with E-state index in [0.29, 0.717) is 28.9 Å². The predicted molar refractivity (Wildman–Crippen MR) is 83.9 cm³/mol. The molecule has 0 fully saturated rings. The van der Waals surface area contributed by atoms with Gasteiger partial charge in [0.05, 0.1) is 17.8 Å². The number of hydrogen-bond acceptors (Lipinski definition) is 4. The van der Waals surface area contributed by atoms with Crippen LogP contribution >= 0.6 is 0 Å². The molecule has 0 spiro atoms. The smallest absolute Gasteiger partial charge is 0.248 e. The van der Waals surface area contributed by atoms with Gasteiger partial charge in [-0.2, -0.15) is 5.26 Å². The number of rotatable bonds is 4. The van der Waals surface area contributed by atoms with Crippen molar-refractivity contribution in [3.63, 3.8) is 0 Å². The first kappa shape index (κ1) is 15.3. The highest BCUT2D eigenvalue weighted by Gasteiger charge is 2.12. The maximum absolute atomic E-state index is 12.2. The Balaban J connectivity index is 2.63. The second-order valence-corrected chi connectivity index (χ2v) is 4.46. The first-order valence-electron chi connectivity index (χ1n) is 6.76. The summed E-state index contributed by atoms with van der Waals surface area (Å²) in [6.45, 7) is 3.97. The molecule has 22 heavy (non-hydrogen) atoms. The third kappa shape index (κ3) is 2.99. The van der Waals surface area contributed by atoms with Crippen LogP contribution in [0.4, 0.5) is 5.69 Å². The van der Waals surface area contributed by atoms with Crippen molar-refractivity contribution in [3.05, 3.63) is 46.3 Å². The molecule has 0 atom stereocenters. The summed E-state index contributed by atoms with van der Waals surface area (Å²) in [4.78, 5) is 26.8. The molecule has 0 radical (unpaired) electrons. The van der Waals surface area contributed by atoms with Gasteiger partial charge in [-0.3, -0.25) is 9.59 Å². The quantitative estimate of drug-likeness (QED) is 0.846. The number of aromatic amines is 1. The Kier molecular flexibility index (Phi) is 4.59. The van der Waals surface area contributed by atoms with Gasteiger partial charge >= 0.3 is 0 Å². The lowest BCUT2D eigenvalue weighted by atomic mass is 10.1. The lowest BCUT2D eigenvalue weighted by Crippen LogP contribution is -2.12. The summed E-state index contributed by atoms with van der Waals surface area (Å²) in [5.41, 5.74) is 0.553. The summed E-state index contributed by atoms with van der Waals surface area (Å²) < 4.78 is 5.49. The fourth-order valence-corrected chi connectivity index (χ4v) is 2.03. The Bertz CT molecular complexity index is 844. The number of ether oxygens (including phenoxy) is 1. The van der Waals surface area contributed by atoms with Crippen molar-refractivity contribution in [1.82, 2.24) is 4.98 Å². The first-order chi connectivity index (χ1) is 10.6. The molecule has 0 saturated heterocycles. The molecule has 112 valence electrons. The highest BCUT2D eigenvalue weighted by atomic mass is 16.5. The van der Waals surface area contributed by atoms with Crippen LogP contribution in [0, 0.1) is 11.3 Å². The highest BCUT2D eigenvalue weighted by Crippen LogP contribution is 2.28. The van der Waals surface area contributed by atoms with Crippen molar-refractivity contribution in [2.75, 3.05) is 11.9 Å². The number of carbonyl (C=O) groups excluding carboxylic acids is 1. The maximum Gasteiger partial charge on any atom is 0.248 e. The minimum absolute atomic E-state index is 0.0161. The van der Waals surface area contributed by atoms with Crippen LogP contribution in [-0.4, -0.2) is 17.5 Å². The Morgan fingerprint density at radius 2 is 2.27 bits per heavy atom. The van der Waals surface area contributed by atoms with Crippen LogP contribution in [-0.2, 0) is 4.79 Å². The van der Waals surface area contributed by atoms with Gasteiger partial charge in [-0.15, -0.1) is 0 Å². The van der Waals surface area contributed by atoms with Gasteiger partial charge in [0.15, 0.2) is 0 Å². The topological polar surface area (TPSA) is 95.0 Å². The molecule has 0 unspecified atom stereocenters. The van der Waals surface area contributed by atoms with Gasteiger partial charge in [0.1, 0.15) is 17.4 Å². The van der Waals surface area contributed by atoms with Gasteiger partial charge < -0.3 is 15.0 Å². The number of amides is 1. The molecule has 1 amide bonds. The minimum atomic E-state index is -0.388. The van der Waals surface area contributed by atoms with E-state index in [-0.39, 0.29) is 16.9 Å². The van der Waals surface area contributed by atoms with E-state index in [1.807, 2.05) is 13.0 Å². The van der Waals surface area contributed by atoms with E-state index in [4.69, 9.17) is 10.00 Å². The molecule has 0 aliphatic rings. The fourth-order valence-electron chi connectivity index (χ4n) is 2.03. The Labute approximate surface area is 127 Å². The number of benzene rings is 1. The van der Waals surface area contributed by atoms with Crippen LogP contribution in [0.2, 0.25) is 0 Å². The largest absolute Gasteiger partial charge is 0.492 e. The molecular weight excluding hydrogens is 282 g/mol. The number of nitrogens with zero attached hydrogens (tertiary/aromatic N) is 1. The van der Waals surface area contributed by atoms with E-state index < -0.39 is 0 Å². The number of aromatic nitrogens is 1. The molecule has 1 aromatic heterocycles. The van der Waals surface area contributed by atoms with Gasteiger partial charge in [0.2, 0.25) is 11.3 Å². The van der Waals surface area contributed by atoms with Gasteiger partial charge in [-0.05, 0) is 26.0 Å². The summed E-state index contributed by atoms with van der Waals surface area (Å²) in [5.74, 6) is 0.129. The van der Waals surface area contributed by atoms with Gasteiger partial charge in [0.25, 0.3) is 0 Å². The average Bonchev–Trinajstić information content (AvgIpc) is 2.49. The van der Waals surface area contributed by atoms with Crippen molar-refractivity contribution in [1.29, 1.82) is 5.26 Å². The second kappa shape index (κ2) is 6.59. The molecule has 0 saturated carbocycles. The molecule has 6 nitrogen and oxygen atoms in total. The third-order valence-corrected chi connectivity index (χ3v) is 2.98. The van der Waals surface area contributed by atoms with Gasteiger partial charge in [0, 0.05) is 17.6 Å². The van der Waals surface area contributed by atoms with Crippen LogP contribution < -0.4 is 15.5 Å². The fraction of sp³-hybridized carbons (Fsp3) is 0.188. The van der Waals surface area contributed by atoms with E-state index in [2.05, 4.69) is 10.3 Å². The summed E-state index contributed by atoms with van der Waals surface area (Å²) in [6, 6.07) is 4.98. The standard InChI is InChI=1S/C16H15N3O3/c1-3-5-15(20)19-13-6-11-12(7-14(13)22-4-2)18-9-10(8-17)16(11)21/h3,5-7,9H,4H2,1-2H3,(H,18,21)(H,19,20)/b5-3+. The Morgan fingerprint density at radius 1 is 1.50 bits per heavy atom. The number of hydrogen-bond donors (Lipinski definition) is 2. The van der Waals surface area contributed by atoms with Crippen molar-refractivity contribution < 1.29 is 9.53 Å². The molecule has 0 bridgehead atoms. The Hall–Kier alpha value is -3.07. The maximum atomic E-state index is 12.2. The second-order valence-electron chi connectivity index (χ2n) is 4.46. The highest BCUT2D eigenvalue weighted by molar-refractivity contribution is 6.02. The summed E-state index contributed by atoms with van der Waals surface area (Å²) in [5, 5.41) is 11.9. The summed E-state index contributed by atoms with van der Waals surface area (Å²) >= 11 is 0. The SMILES string of the molecule is C/C=C/C(=O)Nc1cc2c(=O)c(C#N)c[nH]c2cc1OCC. The van der Waals surface area contributed by atoms with Crippen LogP contribution in [0.1, 0.15) is 19.4 Å². The van der Waals surface area contributed by atoms with E-state index in [1.54, 1.807) is 19.1 Å². The van der Waals surface area contributed by atoms with E-state index in [1.165, 1.54) is 18.3 Å². The van der Waals surface area contributed by atoms with Gasteiger partial charge in [-0.1, -0.05) is 6.08 Å². The first-order valence-corrected chi connectivity index (χ1v) is 6.76. The molecule has 0 aliphatic carbocycles. The van der Waals surface area contributed by atoms with Crippen molar-refractivity contribution >= 4 is 22.5 Å². The zero-order chi connectivity index (χ0) is 16.1. The Morgan fingerprint density at radius 3 is 2.91 bits per heavy atom. The molecule has 2 aromatic rings. The number of nitrogens with one attached hydrogen (secondary N) is 2. The number of fused-ring (bicyclic) bond motifs is 1. The molecular formula is C16H15N3O3. The van der Waals surface area contributed by atoms with E-state index in [0.717, 1.165) is 0 Å². The van der Waals surface area contributed by atoms with Crippen LogP contribution in [0.15, 0.2) is 35.3 Å². The van der Waals surface area contributed by atoms with E-state index in [9.17, 15) is 9.59 Å². The predicted octanol–water partition coefficient (Wildman–Crippen LogP) is 2.31. The average molecular weight is 297 g/mol. The molecule has 0 aliphatic heterocycles. The number of nitriles is 1. The zero-order valence-corrected chi connectivity index (χ0v) is 12.3. The number of carbonyl (C=O) groups is 1. The monoisotopic (exact) mass is 297 g/mol. The lowest BCUT2D eigenvalue weighted by Gasteiger charge is -2.12. The molecule has 2 rings (SSSR count). The number of anilines is 1. The van der Waals surface area contributed by atoms with Crippen LogP contribution in [0.3, 0.4) is 0 Å². The number of H-pyrrole nitrogens is 1. The molecule has 1 heterocycles. The minimum Gasteiger partial charge on any atom is -0.492 e. The van der Waals surface area contributed by atoms with Crippen molar-refractivity contribution in [3.8, 4) is 11.8 Å². The lowest BCUT2D eigenvalue weighted by molar-refractivity contribution is -0.111. The summed E-state index contributed by atoms with van der Waals surface area (Å²) in [7, 11) is 0. The molecule has 6 heteroatoms. The third-order valence-electron chi connectivity index (χ3n) is 2.98. The normalized spacial score (nSPS) is 10.6. The van der Waals surface area contributed by atoms with Crippen LogP contribution in [0.25, 0.3) is 10.9 Å². The molecule has 1 aromatic carbocycles. The van der Waals surface area contributed by atoms with Crippen molar-refractivity contribution in [2.24, 2.45) is 0 Å². The van der Waals surface area contributed by atoms with E-state index >= 15 is 0 Å². The number of pyridine rings is 1. The van der Waals surface area contributed by atoms with Crippen LogP contribution in [0.5, 0.6) is 5.75 Å². The van der Waals surface area contributed by atoms with Gasteiger partial charge in [-0.25, -0.2) is 0 Å². The zero-order valence-electron chi connectivity index (χ0n) is 12.3. The summed E-state index contributed by atoms with van der Waals surface area (Å²) in [6.07, 6.45) is 4.34. The number of allylic oxidation sites excluding steroid dienone is 1.